The van der Waals surface area contributed by atoms with Gasteiger partial charge >= 0.3 is 5.97 Å². The van der Waals surface area contributed by atoms with E-state index in [1.807, 2.05) is 0 Å². The van der Waals surface area contributed by atoms with Crippen molar-refractivity contribution >= 4 is 23.9 Å². The van der Waals surface area contributed by atoms with Crippen LogP contribution in [0.1, 0.15) is 38.4 Å². The number of pyridine rings is 1. The van der Waals surface area contributed by atoms with Crippen molar-refractivity contribution in [3.05, 3.63) is 29.6 Å². The van der Waals surface area contributed by atoms with E-state index in [0.717, 1.165) is 6.21 Å². The van der Waals surface area contributed by atoms with Crippen molar-refractivity contribution in [2.24, 2.45) is 0 Å². The molecule has 0 bridgehead atoms. The maximum Gasteiger partial charge on any atom is 0.336 e. The lowest BCUT2D eigenvalue weighted by molar-refractivity contribution is -0.155. The average Bonchev–Trinajstić information content (AvgIpc) is 2.66. The second kappa shape index (κ2) is 11.6. The standard InChI is InChI=1S/C18H24N4O6/c1-11(2)28-18(25)15(14(23)6-5-7-21-19)22-17(24)16(27-4)12-8-13(26-3)10-20-9-12/h7-11,15-16H,5-6H2,1-4H3,(H,22,24)/t15-,16-/m0/s1. The van der Waals surface area contributed by atoms with E-state index in [-0.39, 0.29) is 12.8 Å². The highest BCUT2D eigenvalue weighted by Crippen LogP contribution is 2.20. The first-order valence-corrected chi connectivity index (χ1v) is 8.55. The van der Waals surface area contributed by atoms with Gasteiger partial charge in [-0.3, -0.25) is 14.6 Å². The molecule has 0 aromatic carbocycles. The molecule has 0 saturated carbocycles. The minimum Gasteiger partial charge on any atom is -0.495 e. The number of rotatable bonds is 11. The molecule has 0 unspecified atom stereocenters. The molecule has 0 spiro atoms. The van der Waals surface area contributed by atoms with Crippen molar-refractivity contribution in [3.63, 3.8) is 0 Å². The third-order valence-electron chi connectivity index (χ3n) is 3.54. The minimum atomic E-state index is -1.52. The molecule has 10 nitrogen and oxygen atoms in total. The van der Waals surface area contributed by atoms with E-state index in [4.69, 9.17) is 19.7 Å². The van der Waals surface area contributed by atoms with Gasteiger partial charge in [-0.2, -0.15) is 4.79 Å². The van der Waals surface area contributed by atoms with Gasteiger partial charge in [-0.05, 0) is 19.9 Å². The summed E-state index contributed by atoms with van der Waals surface area (Å²) in [7, 11) is 2.76. The lowest BCUT2D eigenvalue weighted by Crippen LogP contribution is -2.49. The third-order valence-corrected chi connectivity index (χ3v) is 3.54. The van der Waals surface area contributed by atoms with E-state index in [0.29, 0.717) is 11.3 Å². The van der Waals surface area contributed by atoms with E-state index in [2.05, 4.69) is 15.1 Å². The molecule has 0 aliphatic carbocycles. The Morgan fingerprint density at radius 1 is 1.29 bits per heavy atom. The summed E-state index contributed by atoms with van der Waals surface area (Å²) in [4.78, 5) is 44.1. The number of aromatic nitrogens is 1. The molecule has 1 heterocycles. The van der Waals surface area contributed by atoms with Gasteiger partial charge in [0.25, 0.3) is 12.1 Å². The summed E-state index contributed by atoms with van der Waals surface area (Å²) in [5.74, 6) is -1.76. The largest absolute Gasteiger partial charge is 0.495 e. The second-order valence-corrected chi connectivity index (χ2v) is 6.00. The van der Waals surface area contributed by atoms with Crippen LogP contribution in [0.4, 0.5) is 0 Å². The molecule has 28 heavy (non-hydrogen) atoms. The number of ether oxygens (including phenoxy) is 3. The van der Waals surface area contributed by atoms with Crippen LogP contribution in [0.15, 0.2) is 18.5 Å². The van der Waals surface area contributed by atoms with Crippen molar-refractivity contribution in [2.75, 3.05) is 14.2 Å². The topological polar surface area (TPSA) is 140 Å². The Hall–Kier alpha value is -3.10. The van der Waals surface area contributed by atoms with E-state index < -0.39 is 35.9 Å². The van der Waals surface area contributed by atoms with Gasteiger partial charge in [0.2, 0.25) is 0 Å². The quantitative estimate of drug-likeness (QED) is 0.194. The van der Waals surface area contributed by atoms with Crippen LogP contribution in [0.25, 0.3) is 5.53 Å². The molecule has 1 rings (SSSR count). The number of nitrogens with one attached hydrogen (secondary N) is 1. The van der Waals surface area contributed by atoms with Gasteiger partial charge in [0.15, 0.2) is 17.9 Å². The highest BCUT2D eigenvalue weighted by atomic mass is 16.5. The first-order chi connectivity index (χ1) is 13.3. The van der Waals surface area contributed by atoms with Crippen molar-refractivity contribution in [3.8, 4) is 5.75 Å². The molecule has 1 amide bonds. The van der Waals surface area contributed by atoms with Crippen molar-refractivity contribution in [1.82, 2.24) is 10.3 Å². The number of esters is 1. The molecule has 1 aromatic rings. The van der Waals surface area contributed by atoms with E-state index in [1.54, 1.807) is 19.9 Å². The van der Waals surface area contributed by atoms with Crippen molar-refractivity contribution < 1.29 is 33.4 Å². The molecule has 0 saturated heterocycles. The SMILES string of the molecule is COc1cncc([C@H](OC)C(=O)N[C@@H](C(=O)CCC=[N+]=[N-])C(=O)OC(C)C)c1. The number of methoxy groups -OCH3 is 2. The van der Waals surface area contributed by atoms with Gasteiger partial charge < -0.3 is 25.1 Å². The lowest BCUT2D eigenvalue weighted by Gasteiger charge is -2.21. The van der Waals surface area contributed by atoms with Crippen LogP contribution in [-0.2, 0) is 23.9 Å². The van der Waals surface area contributed by atoms with Crippen LogP contribution in [0.2, 0.25) is 0 Å². The predicted molar refractivity (Wildman–Crippen MR) is 97.6 cm³/mol. The summed E-state index contributed by atoms with van der Waals surface area (Å²) in [6.07, 6.45) is 2.37. The number of hydrogen-bond acceptors (Lipinski definition) is 7. The number of amides is 1. The number of carbonyl (C=O) groups excluding carboxylic acids is 3. The Morgan fingerprint density at radius 3 is 2.57 bits per heavy atom. The van der Waals surface area contributed by atoms with Crippen LogP contribution < -0.4 is 10.1 Å². The van der Waals surface area contributed by atoms with Crippen LogP contribution in [0.3, 0.4) is 0 Å². The Morgan fingerprint density at radius 2 is 2.00 bits per heavy atom. The highest BCUT2D eigenvalue weighted by Gasteiger charge is 2.33. The van der Waals surface area contributed by atoms with Gasteiger partial charge in [0.05, 0.1) is 19.4 Å². The number of hydrogen-bond donors (Lipinski definition) is 1. The van der Waals surface area contributed by atoms with Gasteiger partial charge in [0.1, 0.15) is 5.75 Å². The zero-order chi connectivity index (χ0) is 21.1. The summed E-state index contributed by atoms with van der Waals surface area (Å²) in [6, 6.07) is 0.0417. The van der Waals surface area contributed by atoms with Crippen molar-refractivity contribution in [1.29, 1.82) is 0 Å². The molecule has 152 valence electrons. The van der Waals surface area contributed by atoms with Crippen LogP contribution >= 0.6 is 0 Å². The van der Waals surface area contributed by atoms with Gasteiger partial charge in [-0.15, -0.1) is 0 Å². The molecule has 0 fully saturated rings. The first kappa shape index (κ1) is 22.9. The van der Waals surface area contributed by atoms with Crippen LogP contribution in [-0.4, -0.2) is 60.0 Å². The molecular formula is C18H24N4O6. The van der Waals surface area contributed by atoms with E-state index in [9.17, 15) is 14.4 Å². The second-order valence-electron chi connectivity index (χ2n) is 6.00. The zero-order valence-corrected chi connectivity index (χ0v) is 16.2. The molecule has 1 N–H and O–H groups in total. The normalized spacial score (nSPS) is 12.5. The smallest absolute Gasteiger partial charge is 0.336 e. The summed E-state index contributed by atoms with van der Waals surface area (Å²) in [5, 5.41) is 2.37. The molecule has 10 heteroatoms. The summed E-state index contributed by atoms with van der Waals surface area (Å²) in [6.45, 7) is 3.25. The highest BCUT2D eigenvalue weighted by molar-refractivity contribution is 6.06. The number of nitrogens with zero attached hydrogens (tertiary/aromatic N) is 3. The molecule has 2 atom stereocenters. The maximum absolute atomic E-state index is 12.7. The van der Waals surface area contributed by atoms with E-state index >= 15 is 0 Å². The third kappa shape index (κ3) is 6.90. The van der Waals surface area contributed by atoms with Crippen LogP contribution in [0, 0.1) is 0 Å². The maximum atomic E-state index is 12.7. The summed E-state index contributed by atoms with van der Waals surface area (Å²) in [5.41, 5.74) is 8.81. The fraction of sp³-hybridized carbons (Fsp3) is 0.500. The number of carbonyl (C=O) groups is 3. The van der Waals surface area contributed by atoms with Gasteiger partial charge in [0, 0.05) is 31.7 Å². The Balaban J connectivity index is 3.02. The summed E-state index contributed by atoms with van der Waals surface area (Å²) < 4.78 is 15.4. The first-order valence-electron chi connectivity index (χ1n) is 8.55. The van der Waals surface area contributed by atoms with Crippen molar-refractivity contribution in [2.45, 2.75) is 44.9 Å². The van der Waals surface area contributed by atoms with Crippen LogP contribution in [0.5, 0.6) is 5.75 Å². The minimum absolute atomic E-state index is 0.101. The fourth-order valence-electron chi connectivity index (χ4n) is 2.28. The fourth-order valence-corrected chi connectivity index (χ4v) is 2.28. The molecular weight excluding hydrogens is 368 g/mol. The van der Waals surface area contributed by atoms with Gasteiger partial charge in [-0.25, -0.2) is 4.79 Å². The molecule has 0 aliphatic heterocycles. The predicted octanol–water partition coefficient (Wildman–Crippen LogP) is 0.864. The summed E-state index contributed by atoms with van der Waals surface area (Å²) >= 11 is 0. The number of ketones is 1. The zero-order valence-electron chi connectivity index (χ0n) is 16.2. The Kier molecular flexibility index (Phi) is 9.49. The lowest BCUT2D eigenvalue weighted by atomic mass is 10.1. The van der Waals surface area contributed by atoms with Gasteiger partial charge in [-0.1, -0.05) is 0 Å². The molecule has 1 aromatic heterocycles. The monoisotopic (exact) mass is 392 g/mol. The molecule has 0 aliphatic rings. The Bertz CT molecular complexity index is 745. The Labute approximate surface area is 162 Å². The molecule has 0 radical (unpaired) electrons. The average molecular weight is 392 g/mol. The van der Waals surface area contributed by atoms with E-state index in [1.165, 1.54) is 26.6 Å². The number of Topliss-reactive ketones (excluding diaryl/α,β-unsaturated/α-hetero) is 1.